The van der Waals surface area contributed by atoms with Crippen LogP contribution in [-0.4, -0.2) is 36.7 Å². The number of unbranched alkanes of at least 4 members (excludes halogenated alkanes) is 1. The standard InChI is InChI=1S/C17H22N2O4/c1-3-4-10-19(12-16(20)22-11-9-18)17(21)23-13-15-7-5-14(2)6-8-15/h5-8H,3-4,10-13H2,1-2H3. The molecule has 0 atom stereocenters. The molecule has 124 valence electrons. The molecule has 0 aliphatic rings. The zero-order valence-electron chi connectivity index (χ0n) is 13.6. The molecule has 0 aromatic heterocycles. The molecule has 0 aliphatic heterocycles. The number of ether oxygens (including phenoxy) is 2. The maximum atomic E-state index is 12.1. The first-order valence-electron chi connectivity index (χ1n) is 7.56. The second kappa shape index (κ2) is 10.2. The van der Waals surface area contributed by atoms with Gasteiger partial charge in [0.25, 0.3) is 0 Å². The van der Waals surface area contributed by atoms with Crippen LogP contribution in [0, 0.1) is 18.3 Å². The number of benzene rings is 1. The van der Waals surface area contributed by atoms with E-state index in [-0.39, 0.29) is 19.8 Å². The van der Waals surface area contributed by atoms with Gasteiger partial charge in [0, 0.05) is 6.54 Å². The largest absolute Gasteiger partial charge is 0.449 e. The molecule has 0 radical (unpaired) electrons. The highest BCUT2D eigenvalue weighted by atomic mass is 16.6. The van der Waals surface area contributed by atoms with Gasteiger partial charge in [0.05, 0.1) is 0 Å². The molecule has 6 nitrogen and oxygen atoms in total. The molecule has 0 saturated carbocycles. The topological polar surface area (TPSA) is 79.6 Å². The van der Waals surface area contributed by atoms with E-state index < -0.39 is 12.1 Å². The summed E-state index contributed by atoms with van der Waals surface area (Å²) in [6.45, 7) is 3.99. The first kappa shape index (κ1) is 18.5. The van der Waals surface area contributed by atoms with Gasteiger partial charge < -0.3 is 9.47 Å². The maximum absolute atomic E-state index is 12.1. The minimum atomic E-state index is -0.616. The maximum Gasteiger partial charge on any atom is 0.410 e. The summed E-state index contributed by atoms with van der Waals surface area (Å²) in [5, 5.41) is 8.40. The zero-order valence-corrected chi connectivity index (χ0v) is 13.6. The van der Waals surface area contributed by atoms with Crippen LogP contribution in [0.5, 0.6) is 0 Å². The number of rotatable bonds is 8. The second-order valence-corrected chi connectivity index (χ2v) is 5.13. The highest BCUT2D eigenvalue weighted by Crippen LogP contribution is 2.07. The van der Waals surface area contributed by atoms with Gasteiger partial charge in [0.2, 0.25) is 0 Å². The van der Waals surface area contributed by atoms with Crippen molar-refractivity contribution in [3.63, 3.8) is 0 Å². The zero-order chi connectivity index (χ0) is 17.1. The minimum Gasteiger partial charge on any atom is -0.449 e. The molecule has 0 N–H and O–H groups in total. The van der Waals surface area contributed by atoms with Crippen molar-refractivity contribution in [3.05, 3.63) is 35.4 Å². The Balaban J connectivity index is 2.54. The Morgan fingerprint density at radius 1 is 1.22 bits per heavy atom. The van der Waals surface area contributed by atoms with Crippen molar-refractivity contribution in [3.8, 4) is 6.07 Å². The summed E-state index contributed by atoms with van der Waals surface area (Å²) in [7, 11) is 0. The molecule has 1 amide bonds. The van der Waals surface area contributed by atoms with Crippen molar-refractivity contribution in [2.45, 2.75) is 33.3 Å². The van der Waals surface area contributed by atoms with Gasteiger partial charge in [-0.3, -0.25) is 9.69 Å². The van der Waals surface area contributed by atoms with Gasteiger partial charge in [-0.1, -0.05) is 43.2 Å². The molecule has 1 aromatic carbocycles. The lowest BCUT2D eigenvalue weighted by Crippen LogP contribution is -2.37. The Morgan fingerprint density at radius 2 is 1.91 bits per heavy atom. The lowest BCUT2D eigenvalue weighted by Gasteiger charge is -2.20. The van der Waals surface area contributed by atoms with Gasteiger partial charge in [0.15, 0.2) is 6.61 Å². The third-order valence-corrected chi connectivity index (χ3v) is 3.14. The number of carbonyl (C=O) groups excluding carboxylic acids is 2. The smallest absolute Gasteiger partial charge is 0.410 e. The SMILES string of the molecule is CCCCN(CC(=O)OCC#N)C(=O)OCc1ccc(C)cc1. The third-order valence-electron chi connectivity index (χ3n) is 3.14. The Hall–Kier alpha value is -2.55. The molecule has 0 heterocycles. The van der Waals surface area contributed by atoms with E-state index in [1.807, 2.05) is 38.1 Å². The number of aryl methyl sites for hydroxylation is 1. The van der Waals surface area contributed by atoms with Crippen LogP contribution in [0.15, 0.2) is 24.3 Å². The molecule has 1 rings (SSSR count). The van der Waals surface area contributed by atoms with Crippen LogP contribution in [0.2, 0.25) is 0 Å². The number of esters is 1. The summed E-state index contributed by atoms with van der Waals surface area (Å²) in [6.07, 6.45) is 1.08. The molecular formula is C17H22N2O4. The Labute approximate surface area is 136 Å². The summed E-state index contributed by atoms with van der Waals surface area (Å²) < 4.78 is 9.92. The van der Waals surface area contributed by atoms with Crippen molar-refractivity contribution in [2.75, 3.05) is 19.7 Å². The first-order chi connectivity index (χ1) is 11.1. The van der Waals surface area contributed by atoms with Crippen molar-refractivity contribution in [1.29, 1.82) is 5.26 Å². The van der Waals surface area contributed by atoms with E-state index in [9.17, 15) is 9.59 Å². The summed E-state index contributed by atoms with van der Waals surface area (Å²) in [4.78, 5) is 25.0. The van der Waals surface area contributed by atoms with Crippen LogP contribution in [-0.2, 0) is 20.9 Å². The fourth-order valence-electron chi connectivity index (χ4n) is 1.82. The van der Waals surface area contributed by atoms with E-state index in [0.29, 0.717) is 6.54 Å². The Kier molecular flexibility index (Phi) is 8.22. The number of nitriles is 1. The van der Waals surface area contributed by atoms with E-state index >= 15 is 0 Å². The number of hydrogen-bond donors (Lipinski definition) is 0. The Bertz CT molecular complexity index is 549. The molecule has 0 bridgehead atoms. The first-order valence-corrected chi connectivity index (χ1v) is 7.56. The molecule has 0 saturated heterocycles. The predicted octanol–water partition coefficient (Wildman–Crippen LogP) is 2.80. The van der Waals surface area contributed by atoms with Crippen molar-refractivity contribution < 1.29 is 19.1 Å². The van der Waals surface area contributed by atoms with E-state index in [1.54, 1.807) is 6.07 Å². The molecule has 0 aliphatic carbocycles. The van der Waals surface area contributed by atoms with E-state index in [0.717, 1.165) is 24.0 Å². The van der Waals surface area contributed by atoms with Gasteiger partial charge >= 0.3 is 12.1 Å². The van der Waals surface area contributed by atoms with E-state index in [2.05, 4.69) is 4.74 Å². The lowest BCUT2D eigenvalue weighted by atomic mass is 10.2. The molecule has 1 aromatic rings. The average molecular weight is 318 g/mol. The number of carbonyl (C=O) groups is 2. The van der Waals surface area contributed by atoms with Crippen LogP contribution in [0.1, 0.15) is 30.9 Å². The van der Waals surface area contributed by atoms with Gasteiger partial charge in [-0.15, -0.1) is 0 Å². The summed E-state index contributed by atoms with van der Waals surface area (Å²) >= 11 is 0. The third kappa shape index (κ3) is 7.32. The summed E-state index contributed by atoms with van der Waals surface area (Å²) in [5.41, 5.74) is 2.01. The number of nitrogens with zero attached hydrogens (tertiary/aromatic N) is 2. The number of amides is 1. The summed E-state index contributed by atoms with van der Waals surface area (Å²) in [6, 6.07) is 9.38. The molecule has 23 heavy (non-hydrogen) atoms. The monoisotopic (exact) mass is 318 g/mol. The summed E-state index contributed by atoms with van der Waals surface area (Å²) in [5.74, 6) is -0.616. The fourth-order valence-corrected chi connectivity index (χ4v) is 1.82. The predicted molar refractivity (Wildman–Crippen MR) is 84.4 cm³/mol. The normalized spacial score (nSPS) is 9.78. The highest BCUT2D eigenvalue weighted by molar-refractivity contribution is 5.78. The minimum absolute atomic E-state index is 0.148. The van der Waals surface area contributed by atoms with Crippen molar-refractivity contribution in [2.24, 2.45) is 0 Å². The number of hydrogen-bond acceptors (Lipinski definition) is 5. The van der Waals surface area contributed by atoms with Crippen LogP contribution in [0.4, 0.5) is 4.79 Å². The van der Waals surface area contributed by atoms with Gasteiger partial charge in [-0.05, 0) is 18.9 Å². The highest BCUT2D eigenvalue weighted by Gasteiger charge is 2.19. The van der Waals surface area contributed by atoms with Gasteiger partial charge in [-0.2, -0.15) is 5.26 Å². The van der Waals surface area contributed by atoms with E-state index in [1.165, 1.54) is 4.90 Å². The molecule has 6 heteroatoms. The molecule has 0 spiro atoms. The average Bonchev–Trinajstić information content (AvgIpc) is 2.55. The van der Waals surface area contributed by atoms with Gasteiger partial charge in [0.1, 0.15) is 19.2 Å². The Morgan fingerprint density at radius 3 is 2.52 bits per heavy atom. The quantitative estimate of drug-likeness (QED) is 0.689. The van der Waals surface area contributed by atoms with E-state index in [4.69, 9.17) is 10.00 Å². The molecule has 0 unspecified atom stereocenters. The van der Waals surface area contributed by atoms with Crippen molar-refractivity contribution >= 4 is 12.1 Å². The van der Waals surface area contributed by atoms with Crippen LogP contribution in [0.3, 0.4) is 0 Å². The van der Waals surface area contributed by atoms with Gasteiger partial charge in [-0.25, -0.2) is 4.79 Å². The van der Waals surface area contributed by atoms with Crippen LogP contribution < -0.4 is 0 Å². The van der Waals surface area contributed by atoms with Crippen molar-refractivity contribution in [1.82, 2.24) is 4.90 Å². The second-order valence-electron chi connectivity index (χ2n) is 5.13. The lowest BCUT2D eigenvalue weighted by molar-refractivity contribution is -0.143. The molecular weight excluding hydrogens is 296 g/mol. The fraction of sp³-hybridized carbons (Fsp3) is 0.471. The van der Waals surface area contributed by atoms with Crippen LogP contribution in [0.25, 0.3) is 0 Å². The molecule has 0 fully saturated rings. The van der Waals surface area contributed by atoms with Crippen LogP contribution >= 0.6 is 0 Å².